The highest BCUT2D eigenvalue weighted by atomic mass is 35.5. The number of ether oxygens (including phenoxy) is 2. The van der Waals surface area contributed by atoms with Crippen LogP contribution in [0.1, 0.15) is 52.4 Å². The lowest BCUT2D eigenvalue weighted by Gasteiger charge is -2.32. The third kappa shape index (κ3) is 7.39. The molecule has 0 atom stereocenters. The Morgan fingerprint density at radius 1 is 1.16 bits per heavy atom. The zero-order valence-corrected chi connectivity index (χ0v) is 18.8. The topological polar surface area (TPSA) is 60.5 Å². The molecule has 1 N–H and O–H groups in total. The second-order valence-corrected chi connectivity index (χ2v) is 9.13. The Labute approximate surface area is 188 Å². The number of rotatable bonds is 9. The number of hydrogen-bond donors (Lipinski definition) is 1. The molecule has 0 unspecified atom stereocenters. The molecule has 0 radical (unpaired) electrons. The summed E-state index contributed by atoms with van der Waals surface area (Å²) < 4.78 is 24.5. The lowest BCUT2D eigenvalue weighted by molar-refractivity contribution is -0.130. The molecule has 3 rings (SSSR count). The van der Waals surface area contributed by atoms with Gasteiger partial charge in [0.2, 0.25) is 5.91 Å². The normalized spacial score (nSPS) is 19.0. The molecule has 1 saturated carbocycles. The van der Waals surface area contributed by atoms with E-state index in [9.17, 15) is 9.18 Å². The van der Waals surface area contributed by atoms with Crippen molar-refractivity contribution in [2.75, 3.05) is 6.61 Å². The van der Waals surface area contributed by atoms with Crippen LogP contribution in [0.25, 0.3) is 0 Å². The number of benzene rings is 1. The van der Waals surface area contributed by atoms with Crippen LogP contribution in [0.15, 0.2) is 42.7 Å². The average Bonchev–Trinajstić information content (AvgIpc) is 2.74. The van der Waals surface area contributed by atoms with Crippen LogP contribution in [0.5, 0.6) is 11.5 Å². The highest BCUT2D eigenvalue weighted by molar-refractivity contribution is 6.30. The van der Waals surface area contributed by atoms with Crippen molar-refractivity contribution in [3.63, 3.8) is 0 Å². The maximum absolute atomic E-state index is 12.9. The molecule has 1 aromatic carbocycles. The summed E-state index contributed by atoms with van der Waals surface area (Å²) in [5, 5.41) is 3.77. The van der Waals surface area contributed by atoms with Gasteiger partial charge < -0.3 is 14.8 Å². The highest BCUT2D eigenvalue weighted by Gasteiger charge is 2.31. The van der Waals surface area contributed by atoms with Crippen molar-refractivity contribution in [2.24, 2.45) is 5.41 Å². The Hall–Kier alpha value is -2.34. The van der Waals surface area contributed by atoms with Crippen LogP contribution in [-0.2, 0) is 4.79 Å². The van der Waals surface area contributed by atoms with Gasteiger partial charge in [0.15, 0.2) is 0 Å². The Kier molecular flexibility index (Phi) is 8.13. The summed E-state index contributed by atoms with van der Waals surface area (Å²) in [6.45, 7) is 4.41. The van der Waals surface area contributed by atoms with Gasteiger partial charge in [-0.2, -0.15) is 0 Å². The smallest absolute Gasteiger partial charge is 0.225 e. The molecule has 0 saturated heterocycles. The molecule has 1 aliphatic rings. The van der Waals surface area contributed by atoms with Gasteiger partial charge in [-0.1, -0.05) is 25.4 Å². The molecule has 1 aliphatic carbocycles. The number of aromatic nitrogens is 1. The van der Waals surface area contributed by atoms with Gasteiger partial charge in [0.05, 0.1) is 23.9 Å². The molecule has 2 aromatic rings. The minimum atomic E-state index is -0.480. The Balaban J connectivity index is 1.36. The van der Waals surface area contributed by atoms with Gasteiger partial charge in [0.25, 0.3) is 0 Å². The zero-order chi connectivity index (χ0) is 22.3. The van der Waals surface area contributed by atoms with Crippen molar-refractivity contribution in [1.29, 1.82) is 0 Å². The van der Waals surface area contributed by atoms with E-state index in [0.717, 1.165) is 32.1 Å². The molecule has 0 bridgehead atoms. The number of nitrogens with zero attached hydrogens (tertiary/aromatic N) is 1. The molecule has 1 aromatic heterocycles. The second-order valence-electron chi connectivity index (χ2n) is 8.69. The first-order valence-corrected chi connectivity index (χ1v) is 11.2. The molecule has 31 heavy (non-hydrogen) atoms. The Morgan fingerprint density at radius 3 is 2.55 bits per heavy atom. The monoisotopic (exact) mass is 448 g/mol. The summed E-state index contributed by atoms with van der Waals surface area (Å²) in [7, 11) is 0. The van der Waals surface area contributed by atoms with Gasteiger partial charge in [-0.25, -0.2) is 4.39 Å². The minimum Gasteiger partial charge on any atom is -0.494 e. The summed E-state index contributed by atoms with van der Waals surface area (Å²) in [6, 6.07) is 7.90. The van der Waals surface area contributed by atoms with E-state index in [0.29, 0.717) is 29.5 Å². The van der Waals surface area contributed by atoms with Crippen LogP contribution >= 0.6 is 11.6 Å². The number of halogens is 2. The van der Waals surface area contributed by atoms with Crippen molar-refractivity contribution in [1.82, 2.24) is 10.3 Å². The molecule has 5 nitrogen and oxygen atoms in total. The fourth-order valence-electron chi connectivity index (χ4n) is 3.70. The van der Waals surface area contributed by atoms with E-state index in [1.165, 1.54) is 12.1 Å². The predicted octanol–water partition coefficient (Wildman–Crippen LogP) is 5.57. The van der Waals surface area contributed by atoms with Gasteiger partial charge in [-0.05, 0) is 62.8 Å². The lowest BCUT2D eigenvalue weighted by Crippen LogP contribution is -2.45. The van der Waals surface area contributed by atoms with Crippen LogP contribution in [0.3, 0.4) is 0 Å². The second kappa shape index (κ2) is 10.8. The van der Waals surface area contributed by atoms with Crippen molar-refractivity contribution in [2.45, 2.75) is 64.5 Å². The first-order valence-electron chi connectivity index (χ1n) is 10.8. The molecule has 7 heteroatoms. The predicted molar refractivity (Wildman–Crippen MR) is 119 cm³/mol. The summed E-state index contributed by atoms with van der Waals surface area (Å²) in [5.41, 5.74) is -0.480. The van der Waals surface area contributed by atoms with Gasteiger partial charge >= 0.3 is 0 Å². The number of nitrogens with one attached hydrogen (secondary N) is 1. The van der Waals surface area contributed by atoms with Gasteiger partial charge in [-0.3, -0.25) is 9.78 Å². The van der Waals surface area contributed by atoms with Gasteiger partial charge in [-0.15, -0.1) is 0 Å². The van der Waals surface area contributed by atoms with Crippen LogP contribution in [-0.4, -0.2) is 29.6 Å². The molecule has 1 amide bonds. The summed E-state index contributed by atoms with van der Waals surface area (Å²) in [4.78, 5) is 16.8. The maximum Gasteiger partial charge on any atom is 0.225 e. The van der Waals surface area contributed by atoms with E-state index in [2.05, 4.69) is 10.3 Å². The van der Waals surface area contributed by atoms with Crippen molar-refractivity contribution in [3.05, 3.63) is 53.6 Å². The third-order valence-corrected chi connectivity index (χ3v) is 5.84. The third-order valence-electron chi connectivity index (χ3n) is 5.64. The molecule has 168 valence electrons. The van der Waals surface area contributed by atoms with Crippen LogP contribution in [0, 0.1) is 11.2 Å². The number of pyridine rings is 1. The van der Waals surface area contributed by atoms with E-state index in [1.54, 1.807) is 30.6 Å². The maximum atomic E-state index is 12.9. The molecular weight excluding hydrogens is 419 g/mol. The first kappa shape index (κ1) is 23.3. The van der Waals surface area contributed by atoms with E-state index in [4.69, 9.17) is 21.1 Å². The minimum absolute atomic E-state index is 0.0673. The number of carbonyl (C=O) groups is 1. The first-order chi connectivity index (χ1) is 14.8. The van der Waals surface area contributed by atoms with Crippen LogP contribution < -0.4 is 14.8 Å². The van der Waals surface area contributed by atoms with Gasteiger partial charge in [0.1, 0.15) is 17.3 Å². The average molecular weight is 449 g/mol. The van der Waals surface area contributed by atoms with Crippen molar-refractivity contribution in [3.8, 4) is 11.5 Å². The van der Waals surface area contributed by atoms with E-state index in [-0.39, 0.29) is 23.9 Å². The summed E-state index contributed by atoms with van der Waals surface area (Å²) >= 11 is 5.96. The largest absolute Gasteiger partial charge is 0.494 e. The van der Waals surface area contributed by atoms with E-state index >= 15 is 0 Å². The molecular formula is C24H30ClFN2O3. The SMILES string of the molecule is CC(C)(CCCOc1ccc(F)cc1)C(=O)NC1CCC(Oc2cncc(Cl)c2)CC1. The number of carbonyl (C=O) groups excluding carboxylic acids is 1. The quantitative estimate of drug-likeness (QED) is 0.510. The molecule has 0 spiro atoms. The molecule has 1 heterocycles. The fourth-order valence-corrected chi connectivity index (χ4v) is 3.87. The van der Waals surface area contributed by atoms with Crippen molar-refractivity contribution < 1.29 is 18.7 Å². The molecule has 1 fully saturated rings. The van der Waals surface area contributed by atoms with Crippen molar-refractivity contribution >= 4 is 17.5 Å². The van der Waals surface area contributed by atoms with Crippen LogP contribution in [0.2, 0.25) is 5.02 Å². The summed E-state index contributed by atoms with van der Waals surface area (Å²) in [5.74, 6) is 1.10. The summed E-state index contributed by atoms with van der Waals surface area (Å²) in [6.07, 6.45) is 8.34. The number of amides is 1. The van der Waals surface area contributed by atoms with Crippen LogP contribution in [0.4, 0.5) is 4.39 Å². The highest BCUT2D eigenvalue weighted by Crippen LogP contribution is 2.27. The standard InChI is InChI=1S/C24H30ClFN2O3/c1-24(2,12-3-13-30-20-8-4-18(26)5-9-20)23(29)28-19-6-10-21(11-7-19)31-22-14-17(25)15-27-16-22/h4-5,8-9,14-16,19,21H,3,6-7,10-13H2,1-2H3,(H,28,29). The fraction of sp³-hybridized carbons (Fsp3) is 0.500. The Morgan fingerprint density at radius 2 is 1.87 bits per heavy atom. The zero-order valence-electron chi connectivity index (χ0n) is 18.1. The Bertz CT molecular complexity index is 852. The lowest BCUT2D eigenvalue weighted by atomic mass is 9.85. The van der Waals surface area contributed by atoms with Gasteiger partial charge in [0, 0.05) is 23.7 Å². The van der Waals surface area contributed by atoms with E-state index < -0.39 is 5.41 Å². The molecule has 0 aliphatic heterocycles. The van der Waals surface area contributed by atoms with E-state index in [1.807, 2.05) is 13.8 Å². The number of hydrogen-bond acceptors (Lipinski definition) is 4.